The van der Waals surface area contributed by atoms with E-state index in [0.717, 1.165) is 16.5 Å². The monoisotopic (exact) mass is 363 g/mol. The zero-order chi connectivity index (χ0) is 19.4. The standard InChI is InChI=1S/C21H21N3O3/c1-13-7-8-14-12-15(20(26)24-18(14)11-13)9-10-19(25)23-17-6-4-3-5-16(17)21(27)22-2/h3-8,11-12H,9-10H2,1-2H3,(H,22,27)(H,23,25)(H,24,26). The number of hydrogen-bond acceptors (Lipinski definition) is 3. The van der Waals surface area contributed by atoms with Gasteiger partial charge in [0.05, 0.1) is 11.3 Å². The van der Waals surface area contributed by atoms with E-state index in [-0.39, 0.29) is 23.8 Å². The van der Waals surface area contributed by atoms with Crippen LogP contribution < -0.4 is 16.2 Å². The van der Waals surface area contributed by atoms with Crippen molar-refractivity contribution in [1.82, 2.24) is 10.3 Å². The van der Waals surface area contributed by atoms with Gasteiger partial charge < -0.3 is 15.6 Å². The van der Waals surface area contributed by atoms with Gasteiger partial charge in [-0.1, -0.05) is 24.3 Å². The summed E-state index contributed by atoms with van der Waals surface area (Å²) in [6, 6.07) is 14.5. The van der Waals surface area contributed by atoms with Crippen LogP contribution in [-0.2, 0) is 11.2 Å². The Morgan fingerprint density at radius 1 is 1.07 bits per heavy atom. The molecule has 0 fully saturated rings. The van der Waals surface area contributed by atoms with Gasteiger partial charge in [-0.2, -0.15) is 0 Å². The topological polar surface area (TPSA) is 91.1 Å². The van der Waals surface area contributed by atoms with Crippen molar-refractivity contribution in [2.45, 2.75) is 19.8 Å². The minimum atomic E-state index is -0.271. The van der Waals surface area contributed by atoms with E-state index in [0.29, 0.717) is 23.2 Å². The zero-order valence-electron chi connectivity index (χ0n) is 15.3. The minimum Gasteiger partial charge on any atom is -0.355 e. The van der Waals surface area contributed by atoms with Gasteiger partial charge in [0.25, 0.3) is 11.5 Å². The number of hydrogen-bond donors (Lipinski definition) is 3. The van der Waals surface area contributed by atoms with Gasteiger partial charge in [-0.25, -0.2) is 0 Å². The zero-order valence-corrected chi connectivity index (χ0v) is 15.3. The summed E-state index contributed by atoms with van der Waals surface area (Å²) >= 11 is 0. The maximum atomic E-state index is 12.3. The number of aromatic amines is 1. The number of H-pyrrole nitrogens is 1. The molecule has 0 spiro atoms. The van der Waals surface area contributed by atoms with Gasteiger partial charge in [0.1, 0.15) is 0 Å². The second kappa shape index (κ2) is 7.86. The van der Waals surface area contributed by atoms with Gasteiger partial charge in [0.2, 0.25) is 5.91 Å². The van der Waals surface area contributed by atoms with Crippen LogP contribution in [0.4, 0.5) is 5.69 Å². The average molecular weight is 363 g/mol. The van der Waals surface area contributed by atoms with Crippen LogP contribution in [0.1, 0.15) is 27.9 Å². The van der Waals surface area contributed by atoms with Crippen LogP contribution in [0, 0.1) is 6.92 Å². The lowest BCUT2D eigenvalue weighted by Gasteiger charge is -2.10. The molecule has 0 bridgehead atoms. The highest BCUT2D eigenvalue weighted by atomic mass is 16.2. The van der Waals surface area contributed by atoms with Gasteiger partial charge in [-0.3, -0.25) is 14.4 Å². The van der Waals surface area contributed by atoms with Crippen molar-refractivity contribution in [2.75, 3.05) is 12.4 Å². The van der Waals surface area contributed by atoms with Gasteiger partial charge in [-0.05, 0) is 48.6 Å². The molecular weight excluding hydrogens is 342 g/mol. The largest absolute Gasteiger partial charge is 0.355 e. The van der Waals surface area contributed by atoms with Crippen molar-refractivity contribution in [1.29, 1.82) is 0 Å². The van der Waals surface area contributed by atoms with Crippen LogP contribution in [0.15, 0.2) is 53.3 Å². The van der Waals surface area contributed by atoms with E-state index in [1.165, 1.54) is 7.05 Å². The van der Waals surface area contributed by atoms with Gasteiger partial charge in [0.15, 0.2) is 0 Å². The normalized spacial score (nSPS) is 10.6. The Bertz CT molecular complexity index is 1070. The molecule has 2 aromatic carbocycles. The van der Waals surface area contributed by atoms with E-state index in [9.17, 15) is 14.4 Å². The Hall–Kier alpha value is -3.41. The van der Waals surface area contributed by atoms with E-state index >= 15 is 0 Å². The Kier molecular flexibility index (Phi) is 5.35. The highest BCUT2D eigenvalue weighted by molar-refractivity contribution is 6.03. The fraction of sp³-hybridized carbons (Fsp3) is 0.190. The number of anilines is 1. The van der Waals surface area contributed by atoms with Crippen LogP contribution >= 0.6 is 0 Å². The number of carbonyl (C=O) groups excluding carboxylic acids is 2. The first-order valence-electron chi connectivity index (χ1n) is 8.71. The molecule has 6 nitrogen and oxygen atoms in total. The van der Waals surface area contributed by atoms with Crippen LogP contribution in [0.3, 0.4) is 0 Å². The SMILES string of the molecule is CNC(=O)c1ccccc1NC(=O)CCc1cc2ccc(C)cc2[nH]c1=O. The summed E-state index contributed by atoms with van der Waals surface area (Å²) in [6.07, 6.45) is 0.454. The van der Waals surface area contributed by atoms with E-state index in [1.807, 2.05) is 31.2 Å². The van der Waals surface area contributed by atoms with Crippen LogP contribution in [-0.4, -0.2) is 23.8 Å². The summed E-state index contributed by atoms with van der Waals surface area (Å²) < 4.78 is 0. The summed E-state index contributed by atoms with van der Waals surface area (Å²) in [4.78, 5) is 39.3. The predicted molar refractivity (Wildman–Crippen MR) is 106 cm³/mol. The first-order valence-corrected chi connectivity index (χ1v) is 8.71. The molecule has 27 heavy (non-hydrogen) atoms. The highest BCUT2D eigenvalue weighted by Gasteiger charge is 2.12. The maximum Gasteiger partial charge on any atom is 0.253 e. The third kappa shape index (κ3) is 4.23. The van der Waals surface area contributed by atoms with Crippen LogP contribution in [0.2, 0.25) is 0 Å². The second-order valence-corrected chi connectivity index (χ2v) is 6.39. The maximum absolute atomic E-state index is 12.3. The summed E-state index contributed by atoms with van der Waals surface area (Å²) in [7, 11) is 1.54. The molecule has 138 valence electrons. The van der Waals surface area contributed by atoms with E-state index in [2.05, 4.69) is 15.6 Å². The number of amides is 2. The molecule has 1 aromatic heterocycles. The molecule has 3 rings (SSSR count). The van der Waals surface area contributed by atoms with Crippen molar-refractivity contribution < 1.29 is 9.59 Å². The molecular formula is C21H21N3O3. The number of para-hydroxylation sites is 1. The molecule has 0 radical (unpaired) electrons. The molecule has 6 heteroatoms. The lowest BCUT2D eigenvalue weighted by Crippen LogP contribution is -2.22. The molecule has 0 atom stereocenters. The molecule has 0 aliphatic carbocycles. The second-order valence-electron chi connectivity index (χ2n) is 6.39. The van der Waals surface area contributed by atoms with Crippen molar-refractivity contribution in [3.05, 3.63) is 75.6 Å². The lowest BCUT2D eigenvalue weighted by molar-refractivity contribution is -0.116. The summed E-state index contributed by atoms with van der Waals surface area (Å²) in [5, 5.41) is 6.22. The third-order valence-corrected chi connectivity index (χ3v) is 4.37. The van der Waals surface area contributed by atoms with Gasteiger partial charge in [0, 0.05) is 24.5 Å². The van der Waals surface area contributed by atoms with E-state index < -0.39 is 0 Å². The Balaban J connectivity index is 1.72. The van der Waals surface area contributed by atoms with Crippen molar-refractivity contribution in [3.8, 4) is 0 Å². The number of aromatic nitrogens is 1. The summed E-state index contributed by atoms with van der Waals surface area (Å²) in [5.74, 6) is -0.526. The molecule has 3 N–H and O–H groups in total. The lowest BCUT2D eigenvalue weighted by atomic mass is 10.1. The van der Waals surface area contributed by atoms with E-state index in [1.54, 1.807) is 24.3 Å². The molecule has 0 aliphatic heterocycles. The number of nitrogens with one attached hydrogen (secondary N) is 3. The predicted octanol–water partition coefficient (Wildman–Crippen LogP) is 2.77. The Morgan fingerprint density at radius 2 is 1.85 bits per heavy atom. The number of aryl methyl sites for hydroxylation is 2. The average Bonchev–Trinajstić information content (AvgIpc) is 2.66. The van der Waals surface area contributed by atoms with E-state index in [4.69, 9.17) is 0 Å². The molecule has 0 aliphatic rings. The Morgan fingerprint density at radius 3 is 2.63 bits per heavy atom. The highest BCUT2D eigenvalue weighted by Crippen LogP contribution is 2.16. The van der Waals surface area contributed by atoms with Gasteiger partial charge >= 0.3 is 0 Å². The number of rotatable bonds is 5. The van der Waals surface area contributed by atoms with Crippen LogP contribution in [0.5, 0.6) is 0 Å². The fourth-order valence-corrected chi connectivity index (χ4v) is 2.93. The molecule has 0 saturated carbocycles. The minimum absolute atomic E-state index is 0.141. The number of pyridine rings is 1. The van der Waals surface area contributed by atoms with Crippen molar-refractivity contribution >= 4 is 28.4 Å². The quantitative estimate of drug-likeness (QED) is 0.651. The fourth-order valence-electron chi connectivity index (χ4n) is 2.93. The molecule has 2 amide bonds. The third-order valence-electron chi connectivity index (χ3n) is 4.37. The molecule has 0 saturated heterocycles. The van der Waals surface area contributed by atoms with Crippen molar-refractivity contribution in [2.24, 2.45) is 0 Å². The van der Waals surface area contributed by atoms with Crippen molar-refractivity contribution in [3.63, 3.8) is 0 Å². The summed E-state index contributed by atoms with van der Waals surface area (Å²) in [5.41, 5.74) is 3.07. The number of fused-ring (bicyclic) bond motifs is 1. The first kappa shape index (κ1) is 18.4. The summed E-state index contributed by atoms with van der Waals surface area (Å²) in [6.45, 7) is 1.96. The smallest absolute Gasteiger partial charge is 0.253 e. The molecule has 1 heterocycles. The molecule has 3 aromatic rings. The Labute approximate surface area is 156 Å². The number of carbonyl (C=O) groups is 2. The molecule has 0 unspecified atom stereocenters. The number of benzene rings is 2. The van der Waals surface area contributed by atoms with Gasteiger partial charge in [-0.15, -0.1) is 0 Å². The first-order chi connectivity index (χ1) is 13.0. The van der Waals surface area contributed by atoms with Crippen LogP contribution in [0.25, 0.3) is 10.9 Å².